The number of allylic oxidation sites excluding steroid dienone is 3. The van der Waals surface area contributed by atoms with Crippen molar-refractivity contribution in [3.05, 3.63) is 82.5 Å². The smallest absolute Gasteiger partial charge is 0.302 e. The number of benzene rings is 2. The molecule has 2 aliphatic heterocycles. The lowest BCUT2D eigenvalue weighted by molar-refractivity contribution is -0.0535. The van der Waals surface area contributed by atoms with Crippen molar-refractivity contribution in [3.63, 3.8) is 0 Å². The highest BCUT2D eigenvalue weighted by molar-refractivity contribution is 5.95. The molecule has 0 saturated carbocycles. The molecule has 31 heavy (non-hydrogen) atoms. The molecule has 4 heteroatoms. The lowest BCUT2D eigenvalue weighted by Crippen LogP contribution is -2.39. The first kappa shape index (κ1) is 18.7. The number of likely N-dealkylation sites (tertiary alicyclic amines) is 1. The number of carbonyl (C=O) groups is 1. The quantitative estimate of drug-likeness (QED) is 0.617. The van der Waals surface area contributed by atoms with Crippen LogP contribution in [0.3, 0.4) is 0 Å². The molecule has 0 aromatic heterocycles. The standard InChI is InChI=1S/C27H27NO3/c29-26(28-16-6-1-7-17-28)21-14-15-24-25(18-21)31-27(30-24)22-10-4-2-8-19(22)12-13-20-9-3-5-11-23(20)27/h2-4,8-10,14-15,18H,1,5-7,11-13,16-17H2. The van der Waals surface area contributed by atoms with Gasteiger partial charge < -0.3 is 14.4 Å². The molecule has 6 rings (SSSR count). The molecule has 0 radical (unpaired) electrons. The maximum atomic E-state index is 13.1. The van der Waals surface area contributed by atoms with Crippen molar-refractivity contribution >= 4 is 5.91 Å². The van der Waals surface area contributed by atoms with E-state index in [2.05, 4.69) is 36.4 Å². The number of piperidine rings is 1. The van der Waals surface area contributed by atoms with Crippen molar-refractivity contribution in [1.82, 2.24) is 4.90 Å². The third-order valence-corrected chi connectivity index (χ3v) is 7.04. The molecule has 158 valence electrons. The predicted octanol–water partition coefficient (Wildman–Crippen LogP) is 5.53. The second-order valence-electron chi connectivity index (χ2n) is 8.94. The lowest BCUT2D eigenvalue weighted by atomic mass is 9.87. The number of rotatable bonds is 1. The SMILES string of the molecule is O=C(c1ccc2c(c1)OC1(O2)C2=C(C=CCC2)CCc2ccccc21)N1CCCCC1. The van der Waals surface area contributed by atoms with Gasteiger partial charge in [-0.25, -0.2) is 0 Å². The van der Waals surface area contributed by atoms with Gasteiger partial charge in [0.2, 0.25) is 0 Å². The summed E-state index contributed by atoms with van der Waals surface area (Å²) in [5.74, 6) is 0.547. The first-order chi connectivity index (χ1) is 15.2. The third-order valence-electron chi connectivity index (χ3n) is 7.04. The number of aryl methyl sites for hydroxylation is 1. The summed E-state index contributed by atoms with van der Waals surface area (Å²) in [5.41, 5.74) is 5.58. The van der Waals surface area contributed by atoms with Crippen LogP contribution < -0.4 is 9.47 Å². The molecule has 2 aliphatic carbocycles. The zero-order valence-electron chi connectivity index (χ0n) is 17.7. The molecule has 4 nitrogen and oxygen atoms in total. The minimum atomic E-state index is -0.928. The molecule has 2 heterocycles. The normalized spacial score (nSPS) is 24.1. The summed E-state index contributed by atoms with van der Waals surface area (Å²) in [6, 6.07) is 14.1. The van der Waals surface area contributed by atoms with Crippen LogP contribution in [0, 0.1) is 0 Å². The van der Waals surface area contributed by atoms with Crippen molar-refractivity contribution in [2.24, 2.45) is 0 Å². The Morgan fingerprint density at radius 2 is 1.74 bits per heavy atom. The Labute approximate surface area is 183 Å². The van der Waals surface area contributed by atoms with Gasteiger partial charge in [0.1, 0.15) is 0 Å². The summed E-state index contributed by atoms with van der Waals surface area (Å²) in [6.45, 7) is 1.68. The maximum absolute atomic E-state index is 13.1. The van der Waals surface area contributed by atoms with Crippen LogP contribution in [0.25, 0.3) is 0 Å². The number of hydrogen-bond donors (Lipinski definition) is 0. The summed E-state index contributed by atoms with van der Waals surface area (Å²) in [5, 5.41) is 0. The number of carbonyl (C=O) groups excluding carboxylic acids is 1. The topological polar surface area (TPSA) is 38.8 Å². The van der Waals surface area contributed by atoms with Crippen LogP contribution in [0.4, 0.5) is 0 Å². The van der Waals surface area contributed by atoms with E-state index in [1.807, 2.05) is 23.1 Å². The molecule has 4 aliphatic rings. The zero-order chi connectivity index (χ0) is 20.8. The Kier molecular flexibility index (Phi) is 4.41. The predicted molar refractivity (Wildman–Crippen MR) is 119 cm³/mol. The van der Waals surface area contributed by atoms with Crippen LogP contribution in [0.1, 0.15) is 60.0 Å². The summed E-state index contributed by atoms with van der Waals surface area (Å²) < 4.78 is 13.4. The van der Waals surface area contributed by atoms with Gasteiger partial charge in [0.25, 0.3) is 5.91 Å². The van der Waals surface area contributed by atoms with E-state index >= 15 is 0 Å². The third kappa shape index (κ3) is 3.00. The van der Waals surface area contributed by atoms with Crippen molar-refractivity contribution in [1.29, 1.82) is 0 Å². The van der Waals surface area contributed by atoms with Gasteiger partial charge in [0.15, 0.2) is 11.5 Å². The van der Waals surface area contributed by atoms with Crippen molar-refractivity contribution < 1.29 is 14.3 Å². The average Bonchev–Trinajstić information content (AvgIpc) is 3.16. The van der Waals surface area contributed by atoms with E-state index in [0.717, 1.165) is 57.2 Å². The van der Waals surface area contributed by atoms with Crippen LogP contribution in [0.15, 0.2) is 65.8 Å². The van der Waals surface area contributed by atoms with E-state index in [9.17, 15) is 4.79 Å². The van der Waals surface area contributed by atoms with Gasteiger partial charge in [0, 0.05) is 29.8 Å². The fraction of sp³-hybridized carbons (Fsp3) is 0.370. The molecular weight excluding hydrogens is 386 g/mol. The zero-order valence-corrected chi connectivity index (χ0v) is 17.7. The van der Waals surface area contributed by atoms with E-state index in [0.29, 0.717) is 17.1 Å². The Hall–Kier alpha value is -3.01. The van der Waals surface area contributed by atoms with Gasteiger partial charge in [0.05, 0.1) is 0 Å². The van der Waals surface area contributed by atoms with Gasteiger partial charge >= 0.3 is 5.79 Å². The van der Waals surface area contributed by atoms with Gasteiger partial charge in [-0.15, -0.1) is 0 Å². The van der Waals surface area contributed by atoms with Gasteiger partial charge in [-0.1, -0.05) is 36.4 Å². The van der Waals surface area contributed by atoms with Gasteiger partial charge in [-0.2, -0.15) is 0 Å². The van der Waals surface area contributed by atoms with E-state index in [1.165, 1.54) is 23.1 Å². The molecule has 0 bridgehead atoms. The minimum Gasteiger partial charge on any atom is -0.441 e. The van der Waals surface area contributed by atoms with E-state index < -0.39 is 5.79 Å². The molecule has 0 N–H and O–H groups in total. The molecular formula is C27H27NO3. The highest BCUT2D eigenvalue weighted by Gasteiger charge is 2.50. The molecule has 1 fully saturated rings. The number of nitrogens with zero attached hydrogens (tertiary/aromatic N) is 1. The molecule has 1 saturated heterocycles. The molecule has 2 aromatic carbocycles. The Morgan fingerprint density at radius 3 is 2.65 bits per heavy atom. The first-order valence-electron chi connectivity index (χ1n) is 11.5. The van der Waals surface area contributed by atoms with Crippen LogP contribution >= 0.6 is 0 Å². The molecule has 1 spiro atoms. The minimum absolute atomic E-state index is 0.0915. The second kappa shape index (κ2) is 7.30. The highest BCUT2D eigenvalue weighted by atomic mass is 16.7. The number of fused-ring (bicyclic) bond motifs is 4. The lowest BCUT2D eigenvalue weighted by Gasteiger charge is -2.33. The van der Waals surface area contributed by atoms with E-state index in [-0.39, 0.29) is 5.91 Å². The highest BCUT2D eigenvalue weighted by Crippen LogP contribution is 2.52. The monoisotopic (exact) mass is 413 g/mol. The van der Waals surface area contributed by atoms with Gasteiger partial charge in [-0.05, 0) is 74.3 Å². The fourth-order valence-corrected chi connectivity index (χ4v) is 5.46. The van der Waals surface area contributed by atoms with E-state index in [1.54, 1.807) is 0 Å². The Bertz CT molecular complexity index is 1110. The second-order valence-corrected chi connectivity index (χ2v) is 8.94. The fourth-order valence-electron chi connectivity index (χ4n) is 5.46. The number of amides is 1. The Balaban J connectivity index is 1.42. The summed E-state index contributed by atoms with van der Waals surface area (Å²) in [6.07, 6.45) is 11.8. The molecule has 1 amide bonds. The van der Waals surface area contributed by atoms with Crippen molar-refractivity contribution in [2.75, 3.05) is 13.1 Å². The van der Waals surface area contributed by atoms with Crippen molar-refractivity contribution in [2.45, 2.75) is 50.7 Å². The number of hydrogen-bond acceptors (Lipinski definition) is 3. The molecule has 1 unspecified atom stereocenters. The van der Waals surface area contributed by atoms with Crippen LogP contribution in [-0.4, -0.2) is 23.9 Å². The molecule has 2 aromatic rings. The van der Waals surface area contributed by atoms with Crippen LogP contribution in [0.5, 0.6) is 11.5 Å². The number of ether oxygens (including phenoxy) is 2. The largest absolute Gasteiger partial charge is 0.441 e. The summed E-state index contributed by atoms with van der Waals surface area (Å²) in [7, 11) is 0. The first-order valence-corrected chi connectivity index (χ1v) is 11.5. The molecule has 1 atom stereocenters. The van der Waals surface area contributed by atoms with Crippen molar-refractivity contribution in [3.8, 4) is 11.5 Å². The van der Waals surface area contributed by atoms with Crippen LogP contribution in [0.2, 0.25) is 0 Å². The summed E-state index contributed by atoms with van der Waals surface area (Å²) >= 11 is 0. The Morgan fingerprint density at radius 1 is 0.903 bits per heavy atom. The average molecular weight is 414 g/mol. The maximum Gasteiger partial charge on any atom is 0.302 e. The van der Waals surface area contributed by atoms with E-state index in [4.69, 9.17) is 9.47 Å². The van der Waals surface area contributed by atoms with Gasteiger partial charge in [-0.3, -0.25) is 4.79 Å². The summed E-state index contributed by atoms with van der Waals surface area (Å²) in [4.78, 5) is 15.0. The van der Waals surface area contributed by atoms with Crippen LogP contribution in [-0.2, 0) is 12.2 Å².